The first-order chi connectivity index (χ1) is 8.56. The van der Waals surface area contributed by atoms with E-state index in [1.54, 1.807) is 6.07 Å². The fourth-order valence-corrected chi connectivity index (χ4v) is 1.60. The van der Waals surface area contributed by atoms with Crippen LogP contribution in [0.4, 0.5) is 8.78 Å². The Morgan fingerprint density at radius 2 is 2.00 bits per heavy atom. The third-order valence-corrected chi connectivity index (χ3v) is 2.37. The lowest BCUT2D eigenvalue weighted by molar-refractivity contribution is -0.136. The summed E-state index contributed by atoms with van der Waals surface area (Å²) in [4.78, 5) is 14.0. The van der Waals surface area contributed by atoms with Crippen LogP contribution in [0.1, 0.15) is 5.69 Å². The number of hydrogen-bond acceptors (Lipinski definition) is 2. The third-order valence-electron chi connectivity index (χ3n) is 2.37. The highest BCUT2D eigenvalue weighted by Gasteiger charge is 2.10. The zero-order valence-electron chi connectivity index (χ0n) is 9.23. The van der Waals surface area contributed by atoms with Crippen LogP contribution >= 0.6 is 0 Å². The molecule has 3 nitrogen and oxygen atoms in total. The highest BCUT2D eigenvalue weighted by atomic mass is 19.1. The number of aliphatic carboxylic acids is 1. The fourth-order valence-electron chi connectivity index (χ4n) is 1.60. The molecule has 0 unspecified atom stereocenters. The van der Waals surface area contributed by atoms with Gasteiger partial charge in [-0.15, -0.1) is 0 Å². The molecule has 18 heavy (non-hydrogen) atoms. The van der Waals surface area contributed by atoms with Crippen molar-refractivity contribution in [3.05, 3.63) is 53.9 Å². The van der Waals surface area contributed by atoms with Crippen LogP contribution in [0, 0.1) is 11.8 Å². The van der Waals surface area contributed by atoms with Crippen LogP contribution in [-0.4, -0.2) is 16.1 Å². The van der Waals surface area contributed by atoms with Gasteiger partial charge < -0.3 is 5.11 Å². The van der Waals surface area contributed by atoms with E-state index in [0.29, 0.717) is 5.56 Å². The summed E-state index contributed by atoms with van der Waals surface area (Å²) in [5, 5.41) is 8.57. The minimum atomic E-state index is -1.08. The number of pyridine rings is 1. The number of aromatic nitrogens is 1. The van der Waals surface area contributed by atoms with Crippen molar-refractivity contribution in [3.8, 4) is 11.1 Å². The smallest absolute Gasteiger partial charge is 0.309 e. The van der Waals surface area contributed by atoms with Crippen LogP contribution in [0.2, 0.25) is 0 Å². The number of carbonyl (C=O) groups is 1. The predicted molar refractivity (Wildman–Crippen MR) is 60.9 cm³/mol. The normalized spacial score (nSPS) is 10.3. The average molecular weight is 249 g/mol. The SMILES string of the molecule is O=C(O)Cc1ccc(-c2cccc(F)c2)c(F)n1. The molecule has 1 N–H and O–H groups in total. The number of halogens is 2. The summed E-state index contributed by atoms with van der Waals surface area (Å²) in [6.07, 6.45) is -0.347. The molecular formula is C13H9F2NO2. The van der Waals surface area contributed by atoms with E-state index >= 15 is 0 Å². The topological polar surface area (TPSA) is 50.2 Å². The van der Waals surface area contributed by atoms with Gasteiger partial charge in [0.15, 0.2) is 0 Å². The molecule has 1 aromatic carbocycles. The summed E-state index contributed by atoms with van der Waals surface area (Å²) in [6.45, 7) is 0. The lowest BCUT2D eigenvalue weighted by atomic mass is 10.1. The van der Waals surface area contributed by atoms with Gasteiger partial charge >= 0.3 is 5.97 Å². The van der Waals surface area contributed by atoms with E-state index < -0.39 is 17.7 Å². The summed E-state index contributed by atoms with van der Waals surface area (Å²) in [6, 6.07) is 8.28. The molecule has 0 aliphatic carbocycles. The molecule has 0 amide bonds. The number of carboxylic acids is 1. The molecule has 0 saturated carbocycles. The van der Waals surface area contributed by atoms with Gasteiger partial charge in [0.25, 0.3) is 0 Å². The lowest BCUT2D eigenvalue weighted by Crippen LogP contribution is -2.04. The lowest BCUT2D eigenvalue weighted by Gasteiger charge is -2.04. The van der Waals surface area contributed by atoms with E-state index in [0.717, 1.165) is 0 Å². The van der Waals surface area contributed by atoms with Gasteiger partial charge in [-0.05, 0) is 29.8 Å². The van der Waals surface area contributed by atoms with Crippen molar-refractivity contribution in [2.24, 2.45) is 0 Å². The maximum absolute atomic E-state index is 13.7. The van der Waals surface area contributed by atoms with Crippen LogP contribution in [0.15, 0.2) is 36.4 Å². The number of benzene rings is 1. The van der Waals surface area contributed by atoms with Crippen molar-refractivity contribution in [1.82, 2.24) is 4.98 Å². The molecule has 0 radical (unpaired) electrons. The van der Waals surface area contributed by atoms with Crippen LogP contribution in [0.3, 0.4) is 0 Å². The standard InChI is InChI=1S/C13H9F2NO2/c14-9-3-1-2-8(6-9)11-5-4-10(7-12(17)18)16-13(11)15/h1-6H,7H2,(H,17,18). The summed E-state index contributed by atoms with van der Waals surface area (Å²) in [7, 11) is 0. The minimum absolute atomic E-state index is 0.125. The first kappa shape index (κ1) is 12.2. The molecule has 0 spiro atoms. The van der Waals surface area contributed by atoms with Crippen LogP contribution in [0.5, 0.6) is 0 Å². The number of nitrogens with zero attached hydrogens (tertiary/aromatic N) is 1. The number of carboxylic acid groups (broad SMARTS) is 1. The van der Waals surface area contributed by atoms with Gasteiger partial charge in [0.1, 0.15) is 5.82 Å². The van der Waals surface area contributed by atoms with Gasteiger partial charge in [-0.25, -0.2) is 9.37 Å². The molecule has 0 saturated heterocycles. The monoisotopic (exact) mass is 249 g/mol. The summed E-state index contributed by atoms with van der Waals surface area (Å²) in [5.74, 6) is -2.36. The zero-order chi connectivity index (χ0) is 13.1. The largest absolute Gasteiger partial charge is 0.481 e. The van der Waals surface area contributed by atoms with Crippen LogP contribution in [0.25, 0.3) is 11.1 Å². The Labute approximate surface area is 102 Å². The molecule has 92 valence electrons. The second-order valence-corrected chi connectivity index (χ2v) is 3.72. The second kappa shape index (κ2) is 4.91. The van der Waals surface area contributed by atoms with Gasteiger partial charge in [0.2, 0.25) is 5.95 Å². The van der Waals surface area contributed by atoms with Crippen molar-refractivity contribution >= 4 is 5.97 Å². The maximum Gasteiger partial charge on any atom is 0.309 e. The van der Waals surface area contributed by atoms with Gasteiger partial charge in [0.05, 0.1) is 12.1 Å². The highest BCUT2D eigenvalue weighted by Crippen LogP contribution is 2.22. The summed E-state index contributed by atoms with van der Waals surface area (Å²) < 4.78 is 26.7. The predicted octanol–water partition coefficient (Wildman–Crippen LogP) is 2.65. The van der Waals surface area contributed by atoms with Crippen LogP contribution in [-0.2, 0) is 11.2 Å². The second-order valence-electron chi connectivity index (χ2n) is 3.72. The molecule has 2 rings (SSSR count). The Morgan fingerprint density at radius 3 is 2.61 bits per heavy atom. The van der Waals surface area contributed by atoms with Crippen LogP contribution < -0.4 is 0 Å². The average Bonchev–Trinajstić information content (AvgIpc) is 2.28. The molecule has 0 fully saturated rings. The zero-order valence-corrected chi connectivity index (χ0v) is 9.23. The molecule has 2 aromatic rings. The van der Waals surface area contributed by atoms with E-state index in [-0.39, 0.29) is 17.7 Å². The number of hydrogen-bond donors (Lipinski definition) is 1. The van der Waals surface area contributed by atoms with Crippen molar-refractivity contribution in [3.63, 3.8) is 0 Å². The Kier molecular flexibility index (Phi) is 3.32. The van der Waals surface area contributed by atoms with E-state index in [9.17, 15) is 13.6 Å². The Balaban J connectivity index is 2.38. The third kappa shape index (κ3) is 2.68. The van der Waals surface area contributed by atoms with Crippen molar-refractivity contribution in [2.75, 3.05) is 0 Å². The van der Waals surface area contributed by atoms with Crippen molar-refractivity contribution < 1.29 is 18.7 Å². The molecule has 1 heterocycles. The van der Waals surface area contributed by atoms with E-state index in [4.69, 9.17) is 5.11 Å². The Morgan fingerprint density at radius 1 is 1.22 bits per heavy atom. The van der Waals surface area contributed by atoms with Gasteiger partial charge in [-0.2, -0.15) is 4.39 Å². The minimum Gasteiger partial charge on any atom is -0.481 e. The first-order valence-electron chi connectivity index (χ1n) is 5.19. The Bertz CT molecular complexity index is 599. The molecule has 0 aliphatic rings. The fraction of sp³-hybridized carbons (Fsp3) is 0.0769. The molecule has 1 aromatic heterocycles. The van der Waals surface area contributed by atoms with E-state index in [1.807, 2.05) is 0 Å². The molecule has 5 heteroatoms. The van der Waals surface area contributed by atoms with Crippen molar-refractivity contribution in [2.45, 2.75) is 6.42 Å². The summed E-state index contributed by atoms with van der Waals surface area (Å²) >= 11 is 0. The van der Waals surface area contributed by atoms with Gasteiger partial charge in [-0.3, -0.25) is 4.79 Å². The quantitative estimate of drug-likeness (QED) is 0.851. The molecule has 0 aliphatic heterocycles. The molecule has 0 atom stereocenters. The molecule has 0 bridgehead atoms. The van der Waals surface area contributed by atoms with E-state index in [1.165, 1.54) is 30.3 Å². The van der Waals surface area contributed by atoms with E-state index in [2.05, 4.69) is 4.98 Å². The van der Waals surface area contributed by atoms with Gasteiger partial charge in [-0.1, -0.05) is 12.1 Å². The first-order valence-corrected chi connectivity index (χ1v) is 5.19. The van der Waals surface area contributed by atoms with Gasteiger partial charge in [0, 0.05) is 5.56 Å². The number of rotatable bonds is 3. The summed E-state index contributed by atoms with van der Waals surface area (Å²) in [5.41, 5.74) is 0.630. The maximum atomic E-state index is 13.7. The Hall–Kier alpha value is -2.30. The van der Waals surface area contributed by atoms with Crippen molar-refractivity contribution in [1.29, 1.82) is 0 Å². The highest BCUT2D eigenvalue weighted by molar-refractivity contribution is 5.70. The molecular weight excluding hydrogens is 240 g/mol.